The lowest BCUT2D eigenvalue weighted by molar-refractivity contribution is -0.149. The summed E-state index contributed by atoms with van der Waals surface area (Å²) in [5.74, 6) is -0.599. The molecular weight excluding hydrogens is 333 g/mol. The first-order valence-corrected chi connectivity index (χ1v) is 9.47. The zero-order chi connectivity index (χ0) is 18.0. The van der Waals surface area contributed by atoms with Gasteiger partial charge >= 0.3 is 5.97 Å². The van der Waals surface area contributed by atoms with Crippen molar-refractivity contribution in [3.8, 4) is 0 Å². The molecule has 0 N–H and O–H groups in total. The lowest BCUT2D eigenvalue weighted by atomic mass is 9.98. The summed E-state index contributed by atoms with van der Waals surface area (Å²) in [7, 11) is -3.23. The Morgan fingerprint density at radius 3 is 2.33 bits per heavy atom. The van der Waals surface area contributed by atoms with Crippen LogP contribution in [0.25, 0.3) is 0 Å². The zero-order valence-electron chi connectivity index (χ0n) is 13.9. The summed E-state index contributed by atoms with van der Waals surface area (Å²) in [6, 6.07) is 7.94. The highest BCUT2D eigenvalue weighted by molar-refractivity contribution is 7.89. The number of ether oxygens (including phenoxy) is 1. The van der Waals surface area contributed by atoms with Crippen LogP contribution in [0.1, 0.15) is 19.8 Å². The van der Waals surface area contributed by atoms with Gasteiger partial charge in [-0.05, 0) is 31.9 Å². The summed E-state index contributed by atoms with van der Waals surface area (Å²) in [4.78, 5) is 11.5. The van der Waals surface area contributed by atoms with Crippen molar-refractivity contribution in [3.05, 3.63) is 48.8 Å². The van der Waals surface area contributed by atoms with Crippen molar-refractivity contribution in [1.29, 1.82) is 0 Å². The molecule has 1 aromatic carbocycles. The van der Waals surface area contributed by atoms with Gasteiger partial charge in [0.2, 0.25) is 10.0 Å². The third-order valence-electron chi connectivity index (χ3n) is 3.53. The molecule has 0 unspecified atom stereocenters. The minimum Gasteiger partial charge on any atom is -0.466 e. The number of rotatable bonds is 5. The molecule has 1 heterocycles. The molecule has 2 rings (SSSR count). The van der Waals surface area contributed by atoms with E-state index < -0.39 is 10.0 Å². The molecule has 0 aliphatic carbocycles. The van der Waals surface area contributed by atoms with E-state index >= 15 is 0 Å². The number of halogens is 1. The van der Waals surface area contributed by atoms with Gasteiger partial charge < -0.3 is 4.74 Å². The third kappa shape index (κ3) is 6.80. The van der Waals surface area contributed by atoms with Gasteiger partial charge in [0, 0.05) is 13.1 Å². The molecule has 0 amide bonds. The van der Waals surface area contributed by atoms with Crippen LogP contribution in [0.3, 0.4) is 0 Å². The molecule has 5 nitrogen and oxygen atoms in total. The lowest BCUT2D eigenvalue weighted by Gasteiger charge is -2.29. The van der Waals surface area contributed by atoms with E-state index in [1.807, 2.05) is 0 Å². The largest absolute Gasteiger partial charge is 0.466 e. The fourth-order valence-corrected chi connectivity index (χ4v) is 3.57. The van der Waals surface area contributed by atoms with Crippen molar-refractivity contribution < 1.29 is 22.3 Å². The van der Waals surface area contributed by atoms with Gasteiger partial charge in [0.25, 0.3) is 0 Å². The maximum absolute atomic E-state index is 11.9. The number of piperidine rings is 1. The topological polar surface area (TPSA) is 63.7 Å². The van der Waals surface area contributed by atoms with E-state index in [2.05, 4.69) is 6.58 Å². The summed E-state index contributed by atoms with van der Waals surface area (Å²) in [5, 5.41) is 0. The molecule has 7 heteroatoms. The summed E-state index contributed by atoms with van der Waals surface area (Å²) in [6.45, 7) is 6.34. The summed E-state index contributed by atoms with van der Waals surface area (Å²) in [5.41, 5.74) is 0. The minimum atomic E-state index is -3.23. The first-order chi connectivity index (χ1) is 11.4. The molecule has 1 saturated heterocycles. The van der Waals surface area contributed by atoms with Crippen LogP contribution >= 0.6 is 0 Å². The molecule has 0 saturated carbocycles. The number of carbonyl (C=O) groups is 1. The second-order valence-corrected chi connectivity index (χ2v) is 7.30. The Kier molecular flexibility index (Phi) is 8.63. The number of hydrogen-bond acceptors (Lipinski definition) is 4. The Balaban J connectivity index is 0.000000341. The van der Waals surface area contributed by atoms with Gasteiger partial charge in [-0.15, -0.1) is 6.58 Å². The highest BCUT2D eigenvalue weighted by Crippen LogP contribution is 2.21. The van der Waals surface area contributed by atoms with Gasteiger partial charge in [0.15, 0.2) is 0 Å². The number of hydrogen-bond donors (Lipinski definition) is 0. The molecule has 0 radical (unpaired) electrons. The van der Waals surface area contributed by atoms with Gasteiger partial charge in [-0.2, -0.15) is 0 Å². The van der Waals surface area contributed by atoms with Crippen LogP contribution in [0, 0.1) is 11.7 Å². The molecular formula is C17H24FNO4S. The predicted octanol–water partition coefficient (Wildman–Crippen LogP) is 2.60. The molecule has 1 aliphatic heterocycles. The van der Waals surface area contributed by atoms with Crippen LogP contribution in [0.4, 0.5) is 4.39 Å². The Morgan fingerprint density at radius 1 is 1.33 bits per heavy atom. The summed E-state index contributed by atoms with van der Waals surface area (Å²) in [6.07, 6.45) is 2.46. The highest BCUT2D eigenvalue weighted by atomic mass is 32.2. The van der Waals surface area contributed by atoms with Crippen LogP contribution in [-0.4, -0.2) is 44.1 Å². The average molecular weight is 357 g/mol. The van der Waals surface area contributed by atoms with Crippen LogP contribution < -0.4 is 0 Å². The molecule has 1 fully saturated rings. The van der Waals surface area contributed by atoms with E-state index in [-0.39, 0.29) is 23.5 Å². The van der Waals surface area contributed by atoms with Gasteiger partial charge in [-0.1, -0.05) is 24.3 Å². The lowest BCUT2D eigenvalue weighted by Crippen LogP contribution is -2.41. The molecule has 0 bridgehead atoms. The first kappa shape index (κ1) is 20.3. The molecule has 0 atom stereocenters. The van der Waals surface area contributed by atoms with Crippen molar-refractivity contribution in [1.82, 2.24) is 4.31 Å². The molecule has 134 valence electrons. The number of sulfonamides is 1. The molecule has 24 heavy (non-hydrogen) atoms. The molecule has 1 aliphatic rings. The number of nitrogens with zero attached hydrogens (tertiary/aromatic N) is 1. The monoisotopic (exact) mass is 357 g/mol. The molecule has 1 aromatic rings. The van der Waals surface area contributed by atoms with Gasteiger partial charge in [-0.3, -0.25) is 4.79 Å². The van der Waals surface area contributed by atoms with E-state index in [1.165, 1.54) is 22.5 Å². The maximum atomic E-state index is 11.9. The average Bonchev–Trinajstić information content (AvgIpc) is 2.56. The molecule has 0 aromatic heterocycles. The minimum absolute atomic E-state index is 0.0446. The fraction of sp³-hybridized carbons (Fsp3) is 0.471. The third-order valence-corrected chi connectivity index (χ3v) is 5.34. The van der Waals surface area contributed by atoms with Crippen molar-refractivity contribution in [3.63, 3.8) is 0 Å². The van der Waals surface area contributed by atoms with E-state index in [0.29, 0.717) is 32.5 Å². The maximum Gasteiger partial charge on any atom is 0.309 e. The zero-order valence-corrected chi connectivity index (χ0v) is 14.7. The number of benzene rings is 1. The van der Waals surface area contributed by atoms with Crippen molar-refractivity contribution >= 4 is 16.0 Å². The van der Waals surface area contributed by atoms with Crippen molar-refractivity contribution in [2.24, 2.45) is 5.92 Å². The van der Waals surface area contributed by atoms with Gasteiger partial charge in [-0.25, -0.2) is 17.1 Å². The summed E-state index contributed by atoms with van der Waals surface area (Å²) >= 11 is 0. The highest BCUT2D eigenvalue weighted by Gasteiger charge is 2.30. The second-order valence-electron chi connectivity index (χ2n) is 5.29. The SMILES string of the molecule is C=CCS(=O)(=O)N1CCC(C(=O)OCC)CC1.Fc1ccccc1. The standard InChI is InChI=1S/C11H19NO4S.C6H5F/c1-3-9-17(14,15)12-7-5-10(6-8-12)11(13)16-4-2;7-6-4-2-1-3-5-6/h3,10H,1,4-9H2,2H3;1-5H. The smallest absolute Gasteiger partial charge is 0.309 e. The van der Waals surface area contributed by atoms with Crippen LogP contribution in [0.5, 0.6) is 0 Å². The Labute approximate surface area is 143 Å². The first-order valence-electron chi connectivity index (χ1n) is 7.86. The summed E-state index contributed by atoms with van der Waals surface area (Å²) < 4.78 is 41.7. The van der Waals surface area contributed by atoms with Gasteiger partial charge in [0.1, 0.15) is 5.82 Å². The van der Waals surface area contributed by atoms with Crippen molar-refractivity contribution in [2.75, 3.05) is 25.4 Å². The van der Waals surface area contributed by atoms with E-state index in [9.17, 15) is 17.6 Å². The van der Waals surface area contributed by atoms with E-state index in [4.69, 9.17) is 4.74 Å². The Hall–Kier alpha value is -1.73. The number of carbonyl (C=O) groups excluding carboxylic acids is 1. The quantitative estimate of drug-likeness (QED) is 0.600. The van der Waals surface area contributed by atoms with Gasteiger partial charge in [0.05, 0.1) is 18.3 Å². The van der Waals surface area contributed by atoms with E-state index in [1.54, 1.807) is 25.1 Å². The second kappa shape index (κ2) is 10.2. The number of esters is 1. The van der Waals surface area contributed by atoms with Crippen LogP contribution in [0.15, 0.2) is 43.0 Å². The predicted molar refractivity (Wildman–Crippen MR) is 91.3 cm³/mol. The molecule has 0 spiro atoms. The van der Waals surface area contributed by atoms with Crippen LogP contribution in [0.2, 0.25) is 0 Å². The Morgan fingerprint density at radius 2 is 1.92 bits per heavy atom. The van der Waals surface area contributed by atoms with Crippen molar-refractivity contribution in [2.45, 2.75) is 19.8 Å². The van der Waals surface area contributed by atoms with Crippen LogP contribution in [-0.2, 0) is 19.6 Å². The normalized spacial score (nSPS) is 15.9. The Bertz CT molecular complexity index is 611. The van der Waals surface area contributed by atoms with E-state index in [0.717, 1.165) is 0 Å². The fourth-order valence-electron chi connectivity index (χ4n) is 2.30.